The number of rotatable bonds is 0. The molecule has 0 heterocycles. The van der Waals surface area contributed by atoms with Crippen LogP contribution in [0.25, 0.3) is 0 Å². The van der Waals surface area contributed by atoms with Crippen LogP contribution in [0.15, 0.2) is 0 Å². The molecule has 1 aliphatic carbocycles. The molecule has 0 spiro atoms. The highest BCUT2D eigenvalue weighted by Crippen LogP contribution is 2.47. The SMILES string of the molecule is CC1(C)CCC(C)(Br)C(Br)C1. The highest BCUT2D eigenvalue weighted by molar-refractivity contribution is 9.12. The van der Waals surface area contributed by atoms with E-state index in [0.29, 0.717) is 14.6 Å². The maximum absolute atomic E-state index is 3.76. The minimum atomic E-state index is 0.322. The van der Waals surface area contributed by atoms with Gasteiger partial charge in [0.15, 0.2) is 0 Å². The van der Waals surface area contributed by atoms with Gasteiger partial charge >= 0.3 is 0 Å². The molecule has 0 amide bonds. The van der Waals surface area contributed by atoms with Gasteiger partial charge in [0.25, 0.3) is 0 Å². The van der Waals surface area contributed by atoms with Crippen molar-refractivity contribution >= 4 is 31.9 Å². The zero-order chi connectivity index (χ0) is 8.70. The fraction of sp³-hybridized carbons (Fsp3) is 1.00. The molecule has 0 radical (unpaired) electrons. The van der Waals surface area contributed by atoms with Gasteiger partial charge in [-0.2, -0.15) is 0 Å². The molecule has 1 saturated carbocycles. The summed E-state index contributed by atoms with van der Waals surface area (Å²) < 4.78 is 0.322. The molecule has 0 N–H and O–H groups in total. The predicted molar refractivity (Wildman–Crippen MR) is 57.7 cm³/mol. The Morgan fingerprint density at radius 2 is 1.73 bits per heavy atom. The van der Waals surface area contributed by atoms with Crippen LogP contribution in [0, 0.1) is 5.41 Å². The van der Waals surface area contributed by atoms with Gasteiger partial charge in [-0.05, 0) is 31.6 Å². The summed E-state index contributed by atoms with van der Waals surface area (Å²) in [5.74, 6) is 0. The summed E-state index contributed by atoms with van der Waals surface area (Å²) in [5.41, 5.74) is 0.529. The van der Waals surface area contributed by atoms with E-state index in [-0.39, 0.29) is 0 Å². The molecule has 0 aromatic rings. The molecule has 2 atom stereocenters. The fourth-order valence-corrected chi connectivity index (χ4v) is 3.00. The Morgan fingerprint density at radius 3 is 2.09 bits per heavy atom. The van der Waals surface area contributed by atoms with Crippen molar-refractivity contribution in [3.8, 4) is 0 Å². The van der Waals surface area contributed by atoms with Gasteiger partial charge in [0.1, 0.15) is 0 Å². The second-order valence-corrected chi connectivity index (χ2v) is 7.53. The molecule has 0 aliphatic heterocycles. The Balaban J connectivity index is 2.63. The standard InChI is InChI=1S/C9H16Br2/c1-8(2)4-5-9(3,11)7(10)6-8/h7H,4-6H2,1-3H3. The summed E-state index contributed by atoms with van der Waals surface area (Å²) in [6, 6.07) is 0. The van der Waals surface area contributed by atoms with Crippen LogP contribution in [0.1, 0.15) is 40.0 Å². The summed E-state index contributed by atoms with van der Waals surface area (Å²) in [4.78, 5) is 0.624. The molecule has 0 bridgehead atoms. The number of hydrogen-bond donors (Lipinski definition) is 0. The van der Waals surface area contributed by atoms with E-state index >= 15 is 0 Å². The summed E-state index contributed by atoms with van der Waals surface area (Å²) in [5, 5.41) is 0. The van der Waals surface area contributed by atoms with Gasteiger partial charge in [0.2, 0.25) is 0 Å². The Labute approximate surface area is 86.4 Å². The average molecular weight is 284 g/mol. The minimum Gasteiger partial charge on any atom is -0.0875 e. The van der Waals surface area contributed by atoms with Crippen molar-refractivity contribution in [2.75, 3.05) is 0 Å². The molecule has 0 saturated heterocycles. The molecule has 2 unspecified atom stereocenters. The molecule has 2 heteroatoms. The maximum Gasteiger partial charge on any atom is 0.0355 e. The first kappa shape index (κ1) is 10.0. The van der Waals surface area contributed by atoms with Crippen molar-refractivity contribution in [2.45, 2.75) is 49.2 Å². The molecule has 11 heavy (non-hydrogen) atoms. The molecule has 1 fully saturated rings. The number of hydrogen-bond acceptors (Lipinski definition) is 0. The first-order valence-corrected chi connectivity index (χ1v) is 5.87. The van der Waals surface area contributed by atoms with Crippen molar-refractivity contribution < 1.29 is 0 Å². The van der Waals surface area contributed by atoms with E-state index in [1.807, 2.05) is 0 Å². The van der Waals surface area contributed by atoms with E-state index in [1.165, 1.54) is 19.3 Å². The summed E-state index contributed by atoms with van der Waals surface area (Å²) in [7, 11) is 0. The molecule has 0 aromatic heterocycles. The topological polar surface area (TPSA) is 0 Å². The molecular formula is C9H16Br2. The van der Waals surface area contributed by atoms with Crippen LogP contribution in [-0.2, 0) is 0 Å². The van der Waals surface area contributed by atoms with Gasteiger partial charge < -0.3 is 0 Å². The van der Waals surface area contributed by atoms with Gasteiger partial charge in [-0.3, -0.25) is 0 Å². The second-order valence-electron chi connectivity index (χ2n) is 4.61. The van der Waals surface area contributed by atoms with Gasteiger partial charge in [-0.25, -0.2) is 0 Å². The molecular weight excluding hydrogens is 268 g/mol. The highest BCUT2D eigenvalue weighted by Gasteiger charge is 2.39. The number of alkyl halides is 2. The Hall–Kier alpha value is 0.960. The zero-order valence-electron chi connectivity index (χ0n) is 7.45. The summed E-state index contributed by atoms with van der Waals surface area (Å²) >= 11 is 7.50. The van der Waals surface area contributed by atoms with Gasteiger partial charge in [0.05, 0.1) is 0 Å². The van der Waals surface area contributed by atoms with Crippen LogP contribution in [-0.4, -0.2) is 9.15 Å². The minimum absolute atomic E-state index is 0.322. The molecule has 0 nitrogen and oxygen atoms in total. The maximum atomic E-state index is 3.76. The van der Waals surface area contributed by atoms with E-state index < -0.39 is 0 Å². The third-order valence-electron chi connectivity index (χ3n) is 2.68. The monoisotopic (exact) mass is 282 g/mol. The molecule has 66 valence electrons. The van der Waals surface area contributed by atoms with Gasteiger partial charge in [0, 0.05) is 9.15 Å². The van der Waals surface area contributed by atoms with Crippen LogP contribution < -0.4 is 0 Å². The average Bonchev–Trinajstić information content (AvgIpc) is 1.81. The van der Waals surface area contributed by atoms with Gasteiger partial charge in [-0.1, -0.05) is 45.7 Å². The lowest BCUT2D eigenvalue weighted by molar-refractivity contribution is 0.229. The summed E-state index contributed by atoms with van der Waals surface area (Å²) in [6.45, 7) is 6.98. The first-order chi connectivity index (χ1) is 4.83. The van der Waals surface area contributed by atoms with Crippen molar-refractivity contribution in [3.05, 3.63) is 0 Å². The van der Waals surface area contributed by atoms with Crippen LogP contribution >= 0.6 is 31.9 Å². The smallest absolute Gasteiger partial charge is 0.0355 e. The lowest BCUT2D eigenvalue weighted by atomic mass is 9.73. The first-order valence-electron chi connectivity index (χ1n) is 4.16. The van der Waals surface area contributed by atoms with Crippen LogP contribution in [0.3, 0.4) is 0 Å². The predicted octanol–water partition coefficient (Wildman–Crippen LogP) is 4.11. The third kappa shape index (κ3) is 2.45. The number of halogens is 2. The molecule has 1 aliphatic rings. The Bertz CT molecular complexity index is 150. The van der Waals surface area contributed by atoms with Crippen LogP contribution in [0.5, 0.6) is 0 Å². The third-order valence-corrected chi connectivity index (χ3v) is 5.57. The lowest BCUT2D eigenvalue weighted by Gasteiger charge is -2.42. The Morgan fingerprint density at radius 1 is 1.18 bits per heavy atom. The van der Waals surface area contributed by atoms with Crippen molar-refractivity contribution in [2.24, 2.45) is 5.41 Å². The van der Waals surface area contributed by atoms with Gasteiger partial charge in [-0.15, -0.1) is 0 Å². The summed E-state index contributed by atoms with van der Waals surface area (Å²) in [6.07, 6.45) is 3.88. The fourth-order valence-electron chi connectivity index (χ4n) is 1.54. The van der Waals surface area contributed by atoms with E-state index in [0.717, 1.165) is 0 Å². The second kappa shape index (κ2) is 3.02. The van der Waals surface area contributed by atoms with Crippen LogP contribution in [0.4, 0.5) is 0 Å². The lowest BCUT2D eigenvalue weighted by Crippen LogP contribution is -2.38. The zero-order valence-corrected chi connectivity index (χ0v) is 10.6. The van der Waals surface area contributed by atoms with E-state index in [4.69, 9.17) is 0 Å². The van der Waals surface area contributed by atoms with E-state index in [2.05, 4.69) is 52.6 Å². The molecule has 1 rings (SSSR count). The van der Waals surface area contributed by atoms with Crippen molar-refractivity contribution in [1.29, 1.82) is 0 Å². The quantitative estimate of drug-likeness (QED) is 0.587. The largest absolute Gasteiger partial charge is 0.0875 e. The van der Waals surface area contributed by atoms with E-state index in [1.54, 1.807) is 0 Å². The van der Waals surface area contributed by atoms with Crippen molar-refractivity contribution in [3.63, 3.8) is 0 Å². The Kier molecular flexibility index (Phi) is 2.76. The van der Waals surface area contributed by atoms with E-state index in [9.17, 15) is 0 Å². The van der Waals surface area contributed by atoms with Crippen LogP contribution in [0.2, 0.25) is 0 Å². The highest BCUT2D eigenvalue weighted by atomic mass is 79.9. The normalized spacial score (nSPS) is 43.9. The van der Waals surface area contributed by atoms with Crippen molar-refractivity contribution in [1.82, 2.24) is 0 Å². The molecule has 0 aromatic carbocycles.